The zero-order chi connectivity index (χ0) is 28.7. The van der Waals surface area contributed by atoms with E-state index in [-0.39, 0.29) is 23.3 Å². The Labute approximate surface area is 232 Å². The van der Waals surface area contributed by atoms with Crippen LogP contribution in [-0.2, 0) is 26.2 Å². The summed E-state index contributed by atoms with van der Waals surface area (Å²) in [6, 6.07) is 20.5. The lowest BCUT2D eigenvalue weighted by Gasteiger charge is -2.32. The van der Waals surface area contributed by atoms with Crippen molar-refractivity contribution in [3.05, 3.63) is 95.1 Å². The Bertz CT molecular complexity index is 1400. The number of hydrogen-bond donors (Lipinski definition) is 1. The smallest absolute Gasteiger partial charge is 0.264 e. The van der Waals surface area contributed by atoms with Crippen molar-refractivity contribution in [1.82, 2.24) is 10.2 Å². The number of anilines is 1. The van der Waals surface area contributed by atoms with Gasteiger partial charge in [-0.2, -0.15) is 0 Å². The summed E-state index contributed by atoms with van der Waals surface area (Å²) >= 11 is 0. The molecule has 3 aromatic carbocycles. The molecule has 0 aromatic heterocycles. The molecule has 0 spiro atoms. The first kappa shape index (κ1) is 29.9. The van der Waals surface area contributed by atoms with Gasteiger partial charge in [0.25, 0.3) is 10.0 Å². The van der Waals surface area contributed by atoms with Crippen LogP contribution in [0.3, 0.4) is 0 Å². The number of carbonyl (C=O) groups is 2. The van der Waals surface area contributed by atoms with Crippen molar-refractivity contribution in [3.63, 3.8) is 0 Å². The van der Waals surface area contributed by atoms with Crippen LogP contribution < -0.4 is 9.62 Å². The van der Waals surface area contributed by atoms with E-state index < -0.39 is 28.5 Å². The fourth-order valence-electron chi connectivity index (χ4n) is 4.19. The lowest BCUT2D eigenvalue weighted by molar-refractivity contribution is -0.139. The maximum atomic E-state index is 14.0. The molecule has 1 N–H and O–H groups in total. The summed E-state index contributed by atoms with van der Waals surface area (Å²) in [5.41, 5.74) is 4.06. The topological polar surface area (TPSA) is 86.8 Å². The second-order valence-corrected chi connectivity index (χ2v) is 12.4. The van der Waals surface area contributed by atoms with Gasteiger partial charge in [0.15, 0.2) is 0 Å². The number of hydrogen-bond acceptors (Lipinski definition) is 4. The lowest BCUT2D eigenvalue weighted by atomic mass is 10.1. The monoisotopic (exact) mass is 549 g/mol. The minimum absolute atomic E-state index is 0.0929. The van der Waals surface area contributed by atoms with Crippen molar-refractivity contribution in [1.29, 1.82) is 0 Å². The highest BCUT2D eigenvalue weighted by atomic mass is 32.2. The van der Waals surface area contributed by atoms with Crippen LogP contribution in [0.1, 0.15) is 43.0 Å². The van der Waals surface area contributed by atoms with Crippen molar-refractivity contribution in [2.75, 3.05) is 17.4 Å². The minimum Gasteiger partial charge on any atom is -0.354 e. The van der Waals surface area contributed by atoms with E-state index in [1.165, 1.54) is 4.90 Å². The number of sulfonamides is 1. The normalized spacial score (nSPS) is 12.2. The molecule has 0 aliphatic rings. The molecular formula is C31H39N3O4S. The SMILES string of the molecule is Cc1ccc(S(=O)(=O)N(CC(=O)N(Cc2cccc(C)c2)[C@@H](C)C(=O)NCC(C)C)c2cccc(C)c2)cc1. The van der Waals surface area contributed by atoms with Crippen molar-refractivity contribution in [2.24, 2.45) is 5.92 Å². The summed E-state index contributed by atoms with van der Waals surface area (Å²) in [7, 11) is -4.08. The van der Waals surface area contributed by atoms with Crippen LogP contribution in [0.2, 0.25) is 0 Å². The molecule has 0 bridgehead atoms. The third-order valence-corrected chi connectivity index (χ3v) is 8.25. The molecule has 7 nitrogen and oxygen atoms in total. The molecule has 0 saturated carbocycles. The van der Waals surface area contributed by atoms with Crippen LogP contribution in [0.4, 0.5) is 5.69 Å². The van der Waals surface area contributed by atoms with Gasteiger partial charge in [0.1, 0.15) is 12.6 Å². The first-order chi connectivity index (χ1) is 18.4. The Balaban J connectivity index is 2.01. The van der Waals surface area contributed by atoms with E-state index in [2.05, 4.69) is 5.32 Å². The average molecular weight is 550 g/mol. The molecule has 0 radical (unpaired) electrons. The van der Waals surface area contributed by atoms with Crippen LogP contribution in [0, 0.1) is 26.7 Å². The molecule has 39 heavy (non-hydrogen) atoms. The molecule has 0 fully saturated rings. The maximum Gasteiger partial charge on any atom is 0.264 e. The van der Waals surface area contributed by atoms with E-state index in [9.17, 15) is 18.0 Å². The number of rotatable bonds is 11. The van der Waals surface area contributed by atoms with Gasteiger partial charge in [0.2, 0.25) is 11.8 Å². The minimum atomic E-state index is -4.08. The third-order valence-electron chi connectivity index (χ3n) is 6.46. The van der Waals surface area contributed by atoms with E-state index in [0.717, 1.165) is 26.6 Å². The summed E-state index contributed by atoms with van der Waals surface area (Å²) in [4.78, 5) is 28.6. The number of nitrogens with one attached hydrogen (secondary N) is 1. The maximum absolute atomic E-state index is 14.0. The summed E-state index contributed by atoms with van der Waals surface area (Å²) in [5.74, 6) is -0.507. The highest BCUT2D eigenvalue weighted by Crippen LogP contribution is 2.25. The van der Waals surface area contributed by atoms with Gasteiger partial charge < -0.3 is 10.2 Å². The molecule has 8 heteroatoms. The fraction of sp³-hybridized carbons (Fsp3) is 0.355. The van der Waals surface area contributed by atoms with Gasteiger partial charge in [-0.15, -0.1) is 0 Å². The number of carbonyl (C=O) groups excluding carboxylic acids is 2. The van der Waals surface area contributed by atoms with Crippen molar-refractivity contribution < 1.29 is 18.0 Å². The zero-order valence-electron chi connectivity index (χ0n) is 23.6. The van der Waals surface area contributed by atoms with E-state index >= 15 is 0 Å². The van der Waals surface area contributed by atoms with Gasteiger partial charge in [-0.1, -0.05) is 73.5 Å². The van der Waals surface area contributed by atoms with Gasteiger partial charge >= 0.3 is 0 Å². The molecule has 0 saturated heterocycles. The number of nitrogens with zero attached hydrogens (tertiary/aromatic N) is 2. The van der Waals surface area contributed by atoms with E-state index in [1.807, 2.05) is 65.0 Å². The Morgan fingerprint density at radius 2 is 1.44 bits per heavy atom. The van der Waals surface area contributed by atoms with Crippen molar-refractivity contribution >= 4 is 27.5 Å². The number of amides is 2. The molecule has 0 heterocycles. The Kier molecular flexibility index (Phi) is 9.92. The average Bonchev–Trinajstić information content (AvgIpc) is 2.88. The van der Waals surface area contributed by atoms with Gasteiger partial charge in [-0.05, 0) is 69.0 Å². The summed E-state index contributed by atoms with van der Waals surface area (Å²) < 4.78 is 28.9. The van der Waals surface area contributed by atoms with Crippen LogP contribution in [0.5, 0.6) is 0 Å². The van der Waals surface area contributed by atoms with Crippen LogP contribution in [-0.4, -0.2) is 44.3 Å². The van der Waals surface area contributed by atoms with Crippen LogP contribution >= 0.6 is 0 Å². The largest absolute Gasteiger partial charge is 0.354 e. The summed E-state index contributed by atoms with van der Waals surface area (Å²) in [6.07, 6.45) is 0. The molecule has 208 valence electrons. The molecule has 0 unspecified atom stereocenters. The predicted molar refractivity (Wildman–Crippen MR) is 156 cm³/mol. The quantitative estimate of drug-likeness (QED) is 0.365. The highest BCUT2D eigenvalue weighted by molar-refractivity contribution is 7.92. The lowest BCUT2D eigenvalue weighted by Crippen LogP contribution is -2.51. The molecule has 2 amide bonds. The zero-order valence-corrected chi connectivity index (χ0v) is 24.5. The van der Waals surface area contributed by atoms with E-state index in [0.29, 0.717) is 12.2 Å². The van der Waals surface area contributed by atoms with Gasteiger partial charge in [-0.3, -0.25) is 13.9 Å². The first-order valence-electron chi connectivity index (χ1n) is 13.2. The second kappa shape index (κ2) is 12.9. The summed E-state index contributed by atoms with van der Waals surface area (Å²) in [6.45, 7) is 11.6. The summed E-state index contributed by atoms with van der Waals surface area (Å²) in [5, 5.41) is 2.90. The predicted octanol–water partition coefficient (Wildman–Crippen LogP) is 5.00. The molecule has 1 atom stereocenters. The van der Waals surface area contributed by atoms with Crippen molar-refractivity contribution in [3.8, 4) is 0 Å². The van der Waals surface area contributed by atoms with Crippen molar-refractivity contribution in [2.45, 2.75) is 59.0 Å². The number of aryl methyl sites for hydroxylation is 3. The molecule has 3 aromatic rings. The molecule has 3 rings (SSSR count). The van der Waals surface area contributed by atoms with Gasteiger partial charge in [0.05, 0.1) is 10.6 Å². The first-order valence-corrected chi connectivity index (χ1v) is 14.6. The third kappa shape index (κ3) is 7.93. The second-order valence-electron chi connectivity index (χ2n) is 10.5. The van der Waals surface area contributed by atoms with Crippen LogP contribution in [0.25, 0.3) is 0 Å². The Morgan fingerprint density at radius 1 is 0.821 bits per heavy atom. The Hall–Kier alpha value is -3.65. The molecular weight excluding hydrogens is 510 g/mol. The standard InChI is InChI=1S/C31H39N3O4S/c1-22(2)19-32-31(36)26(6)33(20-27-11-7-9-24(4)17-27)30(35)21-34(28-12-8-10-25(5)18-28)39(37,38)29-15-13-23(3)14-16-29/h7-18,22,26H,19-21H2,1-6H3,(H,32,36)/t26-/m0/s1. The Morgan fingerprint density at radius 3 is 2.03 bits per heavy atom. The number of benzene rings is 3. The van der Waals surface area contributed by atoms with E-state index in [1.54, 1.807) is 49.4 Å². The molecule has 0 aliphatic carbocycles. The highest BCUT2D eigenvalue weighted by Gasteiger charge is 2.32. The fourth-order valence-corrected chi connectivity index (χ4v) is 5.60. The van der Waals surface area contributed by atoms with E-state index in [4.69, 9.17) is 0 Å². The van der Waals surface area contributed by atoms with Crippen LogP contribution in [0.15, 0.2) is 77.7 Å². The van der Waals surface area contributed by atoms with Gasteiger partial charge in [-0.25, -0.2) is 8.42 Å². The van der Waals surface area contributed by atoms with Gasteiger partial charge in [0, 0.05) is 13.1 Å². The molecule has 0 aliphatic heterocycles.